The van der Waals surface area contributed by atoms with E-state index in [1.54, 1.807) is 13.0 Å². The third kappa shape index (κ3) is 2.23. The Morgan fingerprint density at radius 2 is 2.19 bits per heavy atom. The summed E-state index contributed by atoms with van der Waals surface area (Å²) < 4.78 is 0. The van der Waals surface area contributed by atoms with E-state index in [-0.39, 0.29) is 23.0 Å². The van der Waals surface area contributed by atoms with Crippen LogP contribution < -0.4 is 10.3 Å². The molecule has 0 spiro atoms. The summed E-state index contributed by atoms with van der Waals surface area (Å²) in [5, 5.41) is 3.86. The van der Waals surface area contributed by atoms with Crippen molar-refractivity contribution in [3.63, 3.8) is 0 Å². The Kier molecular flexibility index (Phi) is 3.29. The largest absolute Gasteiger partial charge is 0.299 e. The second-order valence-electron chi connectivity index (χ2n) is 4.93. The standard InChI is InChI=1S/C14H13N3O3S/c1-7-10-5-9(11-6-21-14(20)16-15-11)3-4-12(10)17(8(2)18)13(7)19/h3-5,7H,6H2,1-2H3,(H,16,20). The van der Waals surface area contributed by atoms with Gasteiger partial charge in [0.15, 0.2) is 0 Å². The van der Waals surface area contributed by atoms with Gasteiger partial charge in [-0.15, -0.1) is 0 Å². The van der Waals surface area contributed by atoms with E-state index in [2.05, 4.69) is 10.5 Å². The summed E-state index contributed by atoms with van der Waals surface area (Å²) in [4.78, 5) is 36.1. The summed E-state index contributed by atoms with van der Waals surface area (Å²) in [5.41, 5.74) is 5.48. The van der Waals surface area contributed by atoms with E-state index in [0.717, 1.165) is 28.6 Å². The summed E-state index contributed by atoms with van der Waals surface area (Å²) in [6.07, 6.45) is 0. The summed E-state index contributed by atoms with van der Waals surface area (Å²) >= 11 is 1.15. The van der Waals surface area contributed by atoms with Gasteiger partial charge in [-0.25, -0.2) is 10.3 Å². The zero-order chi connectivity index (χ0) is 15.1. The molecule has 0 aliphatic carbocycles. The lowest BCUT2D eigenvalue weighted by atomic mass is 9.99. The fraction of sp³-hybridized carbons (Fsp3) is 0.286. The number of fused-ring (bicyclic) bond motifs is 1. The Labute approximate surface area is 125 Å². The predicted octanol–water partition coefficient (Wildman–Crippen LogP) is 1.84. The van der Waals surface area contributed by atoms with Gasteiger partial charge in [-0.3, -0.25) is 14.4 Å². The first-order chi connectivity index (χ1) is 9.99. The highest BCUT2D eigenvalue weighted by Gasteiger charge is 2.37. The highest BCUT2D eigenvalue weighted by Crippen LogP contribution is 2.38. The van der Waals surface area contributed by atoms with Crippen molar-refractivity contribution >= 4 is 40.2 Å². The molecule has 6 nitrogen and oxygen atoms in total. The first-order valence-corrected chi connectivity index (χ1v) is 7.46. The first kappa shape index (κ1) is 13.8. The van der Waals surface area contributed by atoms with Crippen LogP contribution in [0, 0.1) is 0 Å². The van der Waals surface area contributed by atoms with Crippen LogP contribution in [-0.2, 0) is 9.59 Å². The van der Waals surface area contributed by atoms with E-state index in [4.69, 9.17) is 0 Å². The van der Waals surface area contributed by atoms with Crippen LogP contribution in [-0.4, -0.2) is 28.5 Å². The van der Waals surface area contributed by atoms with Crippen molar-refractivity contribution in [3.05, 3.63) is 29.3 Å². The number of thioether (sulfide) groups is 1. The minimum atomic E-state index is -0.352. The maximum atomic E-state index is 12.1. The second kappa shape index (κ2) is 5.00. The Hall–Kier alpha value is -2.15. The Morgan fingerprint density at radius 3 is 2.81 bits per heavy atom. The number of nitrogens with one attached hydrogen (secondary N) is 1. The molecule has 0 radical (unpaired) electrons. The molecular weight excluding hydrogens is 290 g/mol. The molecule has 3 rings (SSSR count). The van der Waals surface area contributed by atoms with Gasteiger partial charge in [0.25, 0.3) is 5.24 Å². The Balaban J connectivity index is 2.02. The van der Waals surface area contributed by atoms with Crippen molar-refractivity contribution < 1.29 is 14.4 Å². The molecule has 1 unspecified atom stereocenters. The van der Waals surface area contributed by atoms with Crippen molar-refractivity contribution in [1.29, 1.82) is 0 Å². The number of carbonyl (C=O) groups is 3. The van der Waals surface area contributed by atoms with Gasteiger partial charge in [0.05, 0.1) is 17.3 Å². The van der Waals surface area contributed by atoms with Gasteiger partial charge in [-0.05, 0) is 30.2 Å². The first-order valence-electron chi connectivity index (χ1n) is 6.47. The highest BCUT2D eigenvalue weighted by molar-refractivity contribution is 8.14. The number of nitrogens with zero attached hydrogens (tertiary/aromatic N) is 2. The van der Waals surface area contributed by atoms with Gasteiger partial charge in [0.2, 0.25) is 11.8 Å². The van der Waals surface area contributed by atoms with Crippen molar-refractivity contribution in [2.45, 2.75) is 19.8 Å². The number of carbonyl (C=O) groups excluding carboxylic acids is 3. The number of imide groups is 1. The zero-order valence-corrected chi connectivity index (χ0v) is 12.4. The van der Waals surface area contributed by atoms with Crippen molar-refractivity contribution in [1.82, 2.24) is 5.43 Å². The molecule has 7 heteroatoms. The van der Waals surface area contributed by atoms with Crippen LogP contribution in [0.1, 0.15) is 30.9 Å². The van der Waals surface area contributed by atoms with Gasteiger partial charge in [0, 0.05) is 12.7 Å². The lowest BCUT2D eigenvalue weighted by molar-refractivity contribution is -0.125. The van der Waals surface area contributed by atoms with Crippen LogP contribution >= 0.6 is 11.8 Å². The number of hydrogen-bond acceptors (Lipinski definition) is 5. The SMILES string of the molecule is CC(=O)N1C(=O)C(C)c2cc(C3=NNC(=O)SC3)ccc21. The molecule has 0 saturated heterocycles. The van der Waals surface area contributed by atoms with Gasteiger partial charge >= 0.3 is 0 Å². The summed E-state index contributed by atoms with van der Waals surface area (Å²) in [5.74, 6) is -0.349. The Morgan fingerprint density at radius 1 is 1.43 bits per heavy atom. The highest BCUT2D eigenvalue weighted by atomic mass is 32.2. The molecule has 0 aromatic heterocycles. The average molecular weight is 303 g/mol. The number of rotatable bonds is 1. The van der Waals surface area contributed by atoms with E-state index in [9.17, 15) is 14.4 Å². The van der Waals surface area contributed by atoms with Crippen LogP contribution in [0.5, 0.6) is 0 Å². The monoisotopic (exact) mass is 303 g/mol. The maximum absolute atomic E-state index is 12.1. The molecule has 2 aliphatic rings. The lowest BCUT2D eigenvalue weighted by Gasteiger charge is -2.14. The second-order valence-corrected chi connectivity index (χ2v) is 5.88. The van der Waals surface area contributed by atoms with Gasteiger partial charge in [-0.1, -0.05) is 17.8 Å². The molecule has 1 atom stereocenters. The molecule has 108 valence electrons. The normalized spacial score (nSPS) is 21.0. The van der Waals surface area contributed by atoms with E-state index in [1.807, 2.05) is 12.1 Å². The quantitative estimate of drug-likeness (QED) is 0.858. The van der Waals surface area contributed by atoms with E-state index in [1.165, 1.54) is 11.8 Å². The smallest absolute Gasteiger partial charge is 0.274 e. The number of hydrogen-bond donors (Lipinski definition) is 1. The molecule has 3 amide bonds. The van der Waals surface area contributed by atoms with E-state index in [0.29, 0.717) is 11.4 Å². The predicted molar refractivity (Wildman–Crippen MR) is 80.6 cm³/mol. The molecule has 0 saturated carbocycles. The molecule has 1 N–H and O–H groups in total. The van der Waals surface area contributed by atoms with E-state index >= 15 is 0 Å². The maximum Gasteiger partial charge on any atom is 0.299 e. The van der Waals surface area contributed by atoms with E-state index < -0.39 is 0 Å². The third-order valence-electron chi connectivity index (χ3n) is 3.60. The zero-order valence-electron chi connectivity index (χ0n) is 11.5. The summed E-state index contributed by atoms with van der Waals surface area (Å²) in [6, 6.07) is 5.45. The summed E-state index contributed by atoms with van der Waals surface area (Å²) in [7, 11) is 0. The molecule has 0 fully saturated rings. The minimum Gasteiger partial charge on any atom is -0.274 e. The van der Waals surface area contributed by atoms with Crippen LogP contribution in [0.3, 0.4) is 0 Å². The lowest BCUT2D eigenvalue weighted by Crippen LogP contribution is -2.32. The molecule has 1 aromatic rings. The third-order valence-corrected chi connectivity index (χ3v) is 4.37. The van der Waals surface area contributed by atoms with Crippen molar-refractivity contribution in [2.24, 2.45) is 5.10 Å². The molecule has 2 heterocycles. The van der Waals surface area contributed by atoms with Crippen LogP contribution in [0.4, 0.5) is 10.5 Å². The van der Waals surface area contributed by atoms with Crippen molar-refractivity contribution in [2.75, 3.05) is 10.7 Å². The number of hydrazone groups is 1. The van der Waals surface area contributed by atoms with Gasteiger partial charge in [-0.2, -0.15) is 5.10 Å². The number of benzene rings is 1. The molecule has 21 heavy (non-hydrogen) atoms. The molecular formula is C14H13N3O3S. The molecule has 0 bridgehead atoms. The van der Waals surface area contributed by atoms with Gasteiger partial charge in [0.1, 0.15) is 0 Å². The molecule has 1 aromatic carbocycles. The van der Waals surface area contributed by atoms with Crippen LogP contribution in [0.15, 0.2) is 23.3 Å². The van der Waals surface area contributed by atoms with Gasteiger partial charge < -0.3 is 0 Å². The summed E-state index contributed by atoms with van der Waals surface area (Å²) in [6.45, 7) is 3.16. The number of amides is 3. The fourth-order valence-electron chi connectivity index (χ4n) is 2.51. The van der Waals surface area contributed by atoms with Crippen LogP contribution in [0.2, 0.25) is 0 Å². The topological polar surface area (TPSA) is 78.8 Å². The van der Waals surface area contributed by atoms with Crippen LogP contribution in [0.25, 0.3) is 0 Å². The molecule has 2 aliphatic heterocycles. The fourth-order valence-corrected chi connectivity index (χ4v) is 3.12. The van der Waals surface area contributed by atoms with Crippen molar-refractivity contribution in [3.8, 4) is 0 Å². The minimum absolute atomic E-state index is 0.175. The Bertz CT molecular complexity index is 699. The number of anilines is 1. The average Bonchev–Trinajstić information content (AvgIpc) is 2.71.